The number of hydrogen-bond donors (Lipinski definition) is 0. The van der Waals surface area contributed by atoms with E-state index in [4.69, 9.17) is 0 Å². The molecule has 1 fully saturated rings. The predicted molar refractivity (Wildman–Crippen MR) is 113 cm³/mol. The van der Waals surface area contributed by atoms with Gasteiger partial charge in [0.1, 0.15) is 3.23 Å². The lowest BCUT2D eigenvalue weighted by molar-refractivity contribution is 0.278. The number of alkyl halides is 2. The average Bonchev–Trinajstić information content (AvgIpc) is 2.56. The van der Waals surface area contributed by atoms with Crippen LogP contribution in [0.2, 0.25) is 0 Å². The van der Waals surface area contributed by atoms with Crippen LogP contribution in [0.15, 0.2) is 54.1 Å². The van der Waals surface area contributed by atoms with Gasteiger partial charge in [-0.15, -0.1) is 6.58 Å². The third-order valence-corrected chi connectivity index (χ3v) is 6.76. The SMILES string of the molecule is C=CCC(Br)(Br)c1cccc(-c2cn(C)cc(C3CCC3C)c2=O)c1. The van der Waals surface area contributed by atoms with E-state index in [1.54, 1.807) is 0 Å². The van der Waals surface area contributed by atoms with Crippen LogP contribution in [0.5, 0.6) is 0 Å². The molecule has 132 valence electrons. The number of benzene rings is 1. The van der Waals surface area contributed by atoms with Crippen molar-refractivity contribution in [2.24, 2.45) is 13.0 Å². The van der Waals surface area contributed by atoms with E-state index in [0.717, 1.165) is 35.1 Å². The summed E-state index contributed by atoms with van der Waals surface area (Å²) in [7, 11) is 2.00. The summed E-state index contributed by atoms with van der Waals surface area (Å²) in [5.74, 6) is 0.994. The van der Waals surface area contributed by atoms with Gasteiger partial charge in [0, 0.05) is 30.6 Å². The highest BCUT2D eigenvalue weighted by molar-refractivity contribution is 9.24. The fourth-order valence-corrected chi connectivity index (χ4v) is 4.50. The second-order valence-electron chi connectivity index (χ2n) is 7.06. The minimum absolute atomic E-state index is 0.172. The zero-order valence-electron chi connectivity index (χ0n) is 14.6. The Morgan fingerprint density at radius 3 is 2.68 bits per heavy atom. The third-order valence-electron chi connectivity index (χ3n) is 5.20. The Morgan fingerprint density at radius 2 is 2.08 bits per heavy atom. The quantitative estimate of drug-likeness (QED) is 0.388. The molecule has 1 aromatic heterocycles. The molecule has 0 amide bonds. The summed E-state index contributed by atoms with van der Waals surface area (Å²) < 4.78 is 1.66. The Labute approximate surface area is 166 Å². The van der Waals surface area contributed by atoms with Crippen LogP contribution in [0.25, 0.3) is 11.1 Å². The van der Waals surface area contributed by atoms with Gasteiger partial charge in [0.15, 0.2) is 5.43 Å². The Bertz CT molecular complexity index is 853. The summed E-state index contributed by atoms with van der Waals surface area (Å²) in [5, 5.41) is 0. The lowest BCUT2D eigenvalue weighted by Crippen LogP contribution is -2.28. The van der Waals surface area contributed by atoms with E-state index < -0.39 is 0 Å². The van der Waals surface area contributed by atoms with Gasteiger partial charge in [0.25, 0.3) is 0 Å². The first-order valence-corrected chi connectivity index (χ1v) is 10.2. The van der Waals surface area contributed by atoms with Crippen molar-refractivity contribution in [2.75, 3.05) is 0 Å². The van der Waals surface area contributed by atoms with Crippen LogP contribution < -0.4 is 5.43 Å². The van der Waals surface area contributed by atoms with Gasteiger partial charge >= 0.3 is 0 Å². The molecule has 0 spiro atoms. The number of pyridine rings is 1. The van der Waals surface area contributed by atoms with Crippen LogP contribution in [-0.4, -0.2) is 4.57 Å². The van der Waals surface area contributed by atoms with E-state index in [-0.39, 0.29) is 8.66 Å². The number of rotatable bonds is 5. The van der Waals surface area contributed by atoms with E-state index in [9.17, 15) is 4.79 Å². The van der Waals surface area contributed by atoms with Crippen molar-refractivity contribution in [3.8, 4) is 11.1 Å². The summed E-state index contributed by atoms with van der Waals surface area (Å²) in [6.07, 6.45) is 8.89. The normalized spacial score (nSPS) is 20.2. The molecule has 2 nitrogen and oxygen atoms in total. The monoisotopic (exact) mass is 463 g/mol. The molecule has 0 saturated heterocycles. The van der Waals surface area contributed by atoms with Crippen molar-refractivity contribution in [1.29, 1.82) is 0 Å². The molecule has 2 aromatic rings. The molecule has 25 heavy (non-hydrogen) atoms. The number of nitrogens with zero attached hydrogens (tertiary/aromatic N) is 1. The van der Waals surface area contributed by atoms with Crippen molar-refractivity contribution >= 4 is 31.9 Å². The van der Waals surface area contributed by atoms with Gasteiger partial charge in [-0.1, -0.05) is 63.1 Å². The highest BCUT2D eigenvalue weighted by Gasteiger charge is 2.31. The molecule has 1 aliphatic carbocycles. The number of aryl methyl sites for hydroxylation is 1. The van der Waals surface area contributed by atoms with Crippen LogP contribution >= 0.6 is 31.9 Å². The molecule has 0 radical (unpaired) electrons. The van der Waals surface area contributed by atoms with Crippen LogP contribution in [0, 0.1) is 5.92 Å². The molecule has 3 rings (SSSR count). The van der Waals surface area contributed by atoms with Gasteiger partial charge in [0.2, 0.25) is 0 Å². The lowest BCUT2D eigenvalue weighted by atomic mass is 9.71. The molecule has 1 aliphatic rings. The summed E-state index contributed by atoms with van der Waals surface area (Å²) in [6.45, 7) is 6.05. The number of aromatic nitrogens is 1. The molecule has 2 atom stereocenters. The number of halogens is 2. The summed E-state index contributed by atoms with van der Waals surface area (Å²) in [6, 6.07) is 8.15. The summed E-state index contributed by atoms with van der Waals surface area (Å²) in [4.78, 5) is 13.1. The zero-order valence-corrected chi connectivity index (χ0v) is 17.8. The maximum Gasteiger partial charge on any atom is 0.192 e. The maximum absolute atomic E-state index is 13.1. The topological polar surface area (TPSA) is 22.0 Å². The van der Waals surface area contributed by atoms with Crippen molar-refractivity contribution in [3.05, 3.63) is 70.7 Å². The second kappa shape index (κ2) is 7.24. The van der Waals surface area contributed by atoms with Crippen LogP contribution in [0.1, 0.15) is 43.2 Å². The van der Waals surface area contributed by atoms with Gasteiger partial charge in [-0.2, -0.15) is 0 Å². The fraction of sp³-hybridized carbons (Fsp3) is 0.381. The standard InChI is InChI=1S/C21H23Br2NO/c1-4-10-21(22,23)16-7-5-6-15(11-16)18-12-24(3)13-19(20(18)25)17-9-8-14(17)2/h4-7,11-14,17H,1,8-10H2,2-3H3. The Balaban J connectivity index is 2.08. The summed E-state index contributed by atoms with van der Waals surface area (Å²) >= 11 is 7.44. The van der Waals surface area contributed by atoms with Crippen LogP contribution in [0.4, 0.5) is 0 Å². The predicted octanol–water partition coefficient (Wildman–Crippen LogP) is 6.08. The maximum atomic E-state index is 13.1. The van der Waals surface area contributed by atoms with Gasteiger partial charge in [-0.3, -0.25) is 4.79 Å². The largest absolute Gasteiger partial charge is 0.356 e. The zero-order chi connectivity index (χ0) is 18.2. The van der Waals surface area contributed by atoms with Gasteiger partial charge in [0.05, 0.1) is 0 Å². The molecule has 0 bridgehead atoms. The number of hydrogen-bond acceptors (Lipinski definition) is 1. The van der Waals surface area contributed by atoms with E-state index in [0.29, 0.717) is 11.8 Å². The van der Waals surface area contributed by atoms with Gasteiger partial charge in [-0.05, 0) is 48.3 Å². The van der Waals surface area contributed by atoms with E-state index in [2.05, 4.69) is 57.5 Å². The van der Waals surface area contributed by atoms with Gasteiger partial charge < -0.3 is 4.57 Å². The third kappa shape index (κ3) is 3.70. The highest BCUT2D eigenvalue weighted by Crippen LogP contribution is 2.43. The first-order valence-electron chi connectivity index (χ1n) is 8.63. The first kappa shape index (κ1) is 18.7. The second-order valence-corrected chi connectivity index (χ2v) is 10.8. The lowest BCUT2D eigenvalue weighted by Gasteiger charge is -2.34. The Morgan fingerprint density at radius 1 is 1.32 bits per heavy atom. The Kier molecular flexibility index (Phi) is 5.40. The van der Waals surface area contributed by atoms with Crippen LogP contribution in [-0.2, 0) is 10.3 Å². The molecule has 1 saturated carbocycles. The van der Waals surface area contributed by atoms with E-state index in [1.165, 1.54) is 6.42 Å². The molecular weight excluding hydrogens is 442 g/mol. The van der Waals surface area contributed by atoms with E-state index >= 15 is 0 Å². The minimum atomic E-state index is -0.358. The molecule has 0 N–H and O–H groups in total. The fourth-order valence-electron chi connectivity index (χ4n) is 3.54. The highest BCUT2D eigenvalue weighted by atomic mass is 79.9. The van der Waals surface area contributed by atoms with Crippen molar-refractivity contribution in [3.63, 3.8) is 0 Å². The molecule has 4 heteroatoms. The van der Waals surface area contributed by atoms with Crippen molar-refractivity contribution < 1.29 is 0 Å². The first-order chi connectivity index (χ1) is 11.8. The number of allylic oxidation sites excluding steroid dienone is 1. The molecular formula is C21H23Br2NO. The average molecular weight is 465 g/mol. The van der Waals surface area contributed by atoms with Crippen molar-refractivity contribution in [1.82, 2.24) is 4.57 Å². The summed E-state index contributed by atoms with van der Waals surface area (Å²) in [5.41, 5.74) is 3.94. The van der Waals surface area contributed by atoms with Crippen molar-refractivity contribution in [2.45, 2.75) is 35.3 Å². The smallest absolute Gasteiger partial charge is 0.192 e. The minimum Gasteiger partial charge on any atom is -0.356 e. The molecule has 2 unspecified atom stereocenters. The molecule has 1 aromatic carbocycles. The van der Waals surface area contributed by atoms with Crippen LogP contribution in [0.3, 0.4) is 0 Å². The van der Waals surface area contributed by atoms with Gasteiger partial charge in [-0.25, -0.2) is 0 Å². The molecule has 0 aliphatic heterocycles. The molecule has 1 heterocycles. The Hall–Kier alpha value is -1.13. The van der Waals surface area contributed by atoms with E-state index in [1.807, 2.05) is 42.2 Å².